The van der Waals surface area contributed by atoms with Crippen LogP contribution in [0.3, 0.4) is 0 Å². The molecule has 0 aliphatic carbocycles. The lowest BCUT2D eigenvalue weighted by Crippen LogP contribution is -2.36. The number of alkyl halides is 2. The number of hydrogen-bond acceptors (Lipinski definition) is 4. The Morgan fingerprint density at radius 2 is 2.29 bits per heavy atom. The summed E-state index contributed by atoms with van der Waals surface area (Å²) in [6.45, 7) is -1.90. The van der Waals surface area contributed by atoms with Crippen LogP contribution in [0.2, 0.25) is 5.02 Å². The van der Waals surface area contributed by atoms with E-state index >= 15 is 0 Å². The quantitative estimate of drug-likeness (QED) is 0.782. The van der Waals surface area contributed by atoms with Crippen molar-refractivity contribution in [3.63, 3.8) is 0 Å². The van der Waals surface area contributed by atoms with Crippen LogP contribution in [-0.4, -0.2) is 37.2 Å². The van der Waals surface area contributed by atoms with Gasteiger partial charge in [-0.15, -0.1) is 0 Å². The molecule has 1 unspecified atom stereocenters. The Labute approximate surface area is 126 Å². The summed E-state index contributed by atoms with van der Waals surface area (Å²) in [4.78, 5) is 13.6. The molecule has 0 radical (unpaired) electrons. The number of nitrogens with zero attached hydrogens (tertiary/aromatic N) is 1. The SMILES string of the molecule is COC(=O)C1CCCN1Cc1cc(Cl)ccc1OC(F)F. The van der Waals surface area contributed by atoms with Crippen molar-refractivity contribution >= 4 is 17.6 Å². The molecule has 0 saturated carbocycles. The first kappa shape index (κ1) is 16.0. The van der Waals surface area contributed by atoms with E-state index < -0.39 is 6.61 Å². The van der Waals surface area contributed by atoms with Crippen molar-refractivity contribution in [2.24, 2.45) is 0 Å². The van der Waals surface area contributed by atoms with Gasteiger partial charge in [0.15, 0.2) is 0 Å². The van der Waals surface area contributed by atoms with E-state index in [9.17, 15) is 13.6 Å². The van der Waals surface area contributed by atoms with E-state index in [-0.39, 0.29) is 17.8 Å². The molecule has 1 heterocycles. The van der Waals surface area contributed by atoms with Crippen molar-refractivity contribution in [2.75, 3.05) is 13.7 Å². The molecule has 1 atom stereocenters. The monoisotopic (exact) mass is 319 g/mol. The molecule has 1 saturated heterocycles. The Morgan fingerprint density at radius 3 is 2.95 bits per heavy atom. The molecule has 21 heavy (non-hydrogen) atoms. The minimum absolute atomic E-state index is 0.0740. The summed E-state index contributed by atoms with van der Waals surface area (Å²) in [5.74, 6) is -0.240. The largest absolute Gasteiger partial charge is 0.468 e. The van der Waals surface area contributed by atoms with Gasteiger partial charge in [-0.3, -0.25) is 9.69 Å². The highest BCUT2D eigenvalue weighted by Crippen LogP contribution is 2.29. The predicted octanol–water partition coefficient (Wildman–Crippen LogP) is 3.08. The molecule has 1 aromatic rings. The van der Waals surface area contributed by atoms with Crippen LogP contribution in [0.1, 0.15) is 18.4 Å². The number of benzene rings is 1. The average molecular weight is 320 g/mol. The maximum atomic E-state index is 12.4. The van der Waals surface area contributed by atoms with E-state index in [2.05, 4.69) is 4.74 Å². The summed E-state index contributed by atoms with van der Waals surface area (Å²) >= 11 is 5.91. The molecule has 0 N–H and O–H groups in total. The van der Waals surface area contributed by atoms with E-state index in [4.69, 9.17) is 16.3 Å². The summed E-state index contributed by atoms with van der Waals surface area (Å²) in [6, 6.07) is 4.12. The van der Waals surface area contributed by atoms with Gasteiger partial charge in [0.1, 0.15) is 11.8 Å². The minimum atomic E-state index is -2.90. The molecule has 4 nitrogen and oxygen atoms in total. The van der Waals surface area contributed by atoms with Crippen molar-refractivity contribution in [2.45, 2.75) is 32.0 Å². The first-order valence-electron chi connectivity index (χ1n) is 6.56. The van der Waals surface area contributed by atoms with Crippen LogP contribution in [0.25, 0.3) is 0 Å². The summed E-state index contributed by atoms with van der Waals surface area (Å²) in [7, 11) is 1.34. The van der Waals surface area contributed by atoms with Crippen molar-refractivity contribution in [1.29, 1.82) is 0 Å². The lowest BCUT2D eigenvalue weighted by Gasteiger charge is -2.23. The van der Waals surface area contributed by atoms with Crippen LogP contribution < -0.4 is 4.74 Å². The topological polar surface area (TPSA) is 38.8 Å². The molecule has 0 aromatic heterocycles. The molecular formula is C14H16ClF2NO3. The Hall–Kier alpha value is -1.40. The second kappa shape index (κ2) is 7.04. The Kier molecular flexibility index (Phi) is 5.36. The average Bonchev–Trinajstić information content (AvgIpc) is 2.89. The van der Waals surface area contributed by atoms with Gasteiger partial charge in [-0.05, 0) is 37.6 Å². The van der Waals surface area contributed by atoms with Crippen molar-refractivity contribution in [3.8, 4) is 5.75 Å². The standard InChI is InChI=1S/C14H16ClF2NO3/c1-20-13(19)11-3-2-6-18(11)8-9-7-10(15)4-5-12(9)21-14(16)17/h4-5,7,11,14H,2-3,6,8H2,1H3. The van der Waals surface area contributed by atoms with E-state index in [1.807, 2.05) is 4.90 Å². The zero-order chi connectivity index (χ0) is 15.4. The summed E-state index contributed by atoms with van der Waals surface area (Å²) < 4.78 is 34.1. The maximum absolute atomic E-state index is 12.4. The van der Waals surface area contributed by atoms with Crippen LogP contribution in [0.15, 0.2) is 18.2 Å². The number of esters is 1. The van der Waals surface area contributed by atoms with E-state index in [1.165, 1.54) is 19.2 Å². The molecule has 0 spiro atoms. The van der Waals surface area contributed by atoms with Crippen LogP contribution >= 0.6 is 11.6 Å². The number of carbonyl (C=O) groups excluding carboxylic acids is 1. The zero-order valence-electron chi connectivity index (χ0n) is 11.5. The fourth-order valence-corrected chi connectivity index (χ4v) is 2.71. The van der Waals surface area contributed by atoms with Gasteiger partial charge < -0.3 is 9.47 Å². The van der Waals surface area contributed by atoms with Gasteiger partial charge in [-0.2, -0.15) is 8.78 Å². The van der Waals surface area contributed by atoms with Gasteiger partial charge in [0.2, 0.25) is 0 Å². The van der Waals surface area contributed by atoms with Gasteiger partial charge in [-0.1, -0.05) is 11.6 Å². The van der Waals surface area contributed by atoms with Crippen molar-refractivity contribution in [1.82, 2.24) is 4.90 Å². The molecule has 116 valence electrons. The zero-order valence-corrected chi connectivity index (χ0v) is 12.3. The number of ether oxygens (including phenoxy) is 2. The normalized spacial score (nSPS) is 19.0. The van der Waals surface area contributed by atoms with Crippen molar-refractivity contribution < 1.29 is 23.0 Å². The third-order valence-electron chi connectivity index (χ3n) is 3.45. The fraction of sp³-hybridized carbons (Fsp3) is 0.500. The number of hydrogen-bond donors (Lipinski definition) is 0. The lowest BCUT2D eigenvalue weighted by atomic mass is 10.1. The van der Waals surface area contributed by atoms with Gasteiger partial charge in [0.05, 0.1) is 7.11 Å². The number of methoxy groups -OCH3 is 1. The van der Waals surface area contributed by atoms with Gasteiger partial charge in [0.25, 0.3) is 0 Å². The molecular weight excluding hydrogens is 304 g/mol. The van der Waals surface area contributed by atoms with Gasteiger partial charge in [-0.25, -0.2) is 0 Å². The molecule has 1 aliphatic heterocycles. The maximum Gasteiger partial charge on any atom is 0.387 e. The number of carbonyl (C=O) groups is 1. The van der Waals surface area contributed by atoms with Crippen LogP contribution in [0.5, 0.6) is 5.75 Å². The smallest absolute Gasteiger partial charge is 0.387 e. The minimum Gasteiger partial charge on any atom is -0.468 e. The van der Waals surface area contributed by atoms with E-state index in [0.29, 0.717) is 30.1 Å². The molecule has 1 aromatic carbocycles. The summed E-state index contributed by atoms with van der Waals surface area (Å²) in [5, 5.41) is 0.431. The highest BCUT2D eigenvalue weighted by molar-refractivity contribution is 6.30. The second-order valence-electron chi connectivity index (χ2n) is 4.78. The third-order valence-corrected chi connectivity index (χ3v) is 3.68. The predicted molar refractivity (Wildman–Crippen MR) is 73.5 cm³/mol. The van der Waals surface area contributed by atoms with Gasteiger partial charge >= 0.3 is 12.6 Å². The van der Waals surface area contributed by atoms with Gasteiger partial charge in [0, 0.05) is 17.1 Å². The van der Waals surface area contributed by atoms with Crippen LogP contribution in [-0.2, 0) is 16.1 Å². The molecule has 1 aliphatic rings. The van der Waals surface area contributed by atoms with E-state index in [0.717, 1.165) is 6.42 Å². The number of halogens is 3. The van der Waals surface area contributed by atoms with Crippen LogP contribution in [0, 0.1) is 0 Å². The number of rotatable bonds is 5. The molecule has 2 rings (SSSR count). The van der Waals surface area contributed by atoms with Crippen molar-refractivity contribution in [3.05, 3.63) is 28.8 Å². The first-order chi connectivity index (χ1) is 10.0. The van der Waals surface area contributed by atoms with Crippen LogP contribution in [0.4, 0.5) is 8.78 Å². The Balaban J connectivity index is 2.17. The highest BCUT2D eigenvalue weighted by atomic mass is 35.5. The highest BCUT2D eigenvalue weighted by Gasteiger charge is 2.32. The Morgan fingerprint density at radius 1 is 1.52 bits per heavy atom. The summed E-state index contributed by atoms with van der Waals surface area (Å²) in [6.07, 6.45) is 1.55. The Bertz CT molecular complexity index is 513. The lowest BCUT2D eigenvalue weighted by molar-refractivity contribution is -0.146. The number of likely N-dealkylation sites (tertiary alicyclic amines) is 1. The molecule has 0 bridgehead atoms. The second-order valence-corrected chi connectivity index (χ2v) is 5.22. The summed E-state index contributed by atoms with van der Waals surface area (Å²) in [5.41, 5.74) is 0.526. The third kappa shape index (κ3) is 4.04. The first-order valence-corrected chi connectivity index (χ1v) is 6.94. The fourth-order valence-electron chi connectivity index (χ4n) is 2.52. The van der Waals surface area contributed by atoms with E-state index in [1.54, 1.807) is 6.07 Å². The molecule has 1 fully saturated rings. The molecule has 7 heteroatoms. The molecule has 0 amide bonds.